The Morgan fingerprint density at radius 2 is 1.95 bits per heavy atom. The van der Waals surface area contributed by atoms with Gasteiger partial charge in [0.15, 0.2) is 0 Å². The highest BCUT2D eigenvalue weighted by atomic mass is 16.7. The molecule has 1 saturated heterocycles. The third-order valence-corrected chi connectivity index (χ3v) is 3.93. The van der Waals surface area contributed by atoms with Gasteiger partial charge in [0.1, 0.15) is 13.2 Å². The Bertz CT molecular complexity index is 468. The minimum absolute atomic E-state index is 0.181. The molecule has 1 heterocycles. The minimum Gasteiger partial charge on any atom is -0.433 e. The van der Waals surface area contributed by atoms with Gasteiger partial charge in [0.25, 0.3) is 0 Å². The van der Waals surface area contributed by atoms with Gasteiger partial charge in [-0.2, -0.15) is 0 Å². The summed E-state index contributed by atoms with van der Waals surface area (Å²) in [5.74, 6) is 0. The van der Waals surface area contributed by atoms with Gasteiger partial charge >= 0.3 is 6.16 Å². The summed E-state index contributed by atoms with van der Waals surface area (Å²) in [5.41, 5.74) is 1.75. The van der Waals surface area contributed by atoms with Gasteiger partial charge in [-0.1, -0.05) is 43.8 Å². The molecule has 1 aromatic carbocycles. The molecule has 0 saturated carbocycles. The lowest BCUT2D eigenvalue weighted by Gasteiger charge is -2.40. The first kappa shape index (κ1) is 14.6. The van der Waals surface area contributed by atoms with Gasteiger partial charge in [-0.15, -0.1) is 0 Å². The molecule has 2 rings (SSSR count). The maximum Gasteiger partial charge on any atom is 0.508 e. The Balaban J connectivity index is 2.28. The van der Waals surface area contributed by atoms with Crippen LogP contribution in [0.2, 0.25) is 0 Å². The molecule has 0 bridgehead atoms. The average molecular weight is 276 g/mol. The molecule has 1 unspecified atom stereocenters. The number of methoxy groups -OCH3 is 1. The zero-order chi connectivity index (χ0) is 14.6. The van der Waals surface area contributed by atoms with Gasteiger partial charge in [-0.3, -0.25) is 0 Å². The molecule has 1 atom stereocenters. The van der Waals surface area contributed by atoms with E-state index in [4.69, 9.17) is 14.2 Å². The molecular weight excluding hydrogens is 256 g/mol. The fourth-order valence-corrected chi connectivity index (χ4v) is 2.58. The predicted octanol–water partition coefficient (Wildman–Crippen LogP) is 3.58. The summed E-state index contributed by atoms with van der Waals surface area (Å²) in [7, 11) is 1.67. The maximum atomic E-state index is 11.1. The summed E-state index contributed by atoms with van der Waals surface area (Å²) in [5, 5.41) is 0. The Kier molecular flexibility index (Phi) is 4.45. The molecular formula is C16H20O4. The lowest BCUT2D eigenvalue weighted by atomic mass is 9.77. The fraction of sp³-hybridized carbons (Fsp3) is 0.438. The van der Waals surface area contributed by atoms with Crippen LogP contribution in [0.5, 0.6) is 0 Å². The van der Waals surface area contributed by atoms with Crippen molar-refractivity contribution >= 4 is 12.2 Å². The number of carbonyl (C=O) groups excluding carboxylic acids is 1. The van der Waals surface area contributed by atoms with Crippen LogP contribution >= 0.6 is 0 Å². The number of rotatable bonds is 5. The van der Waals surface area contributed by atoms with Crippen molar-refractivity contribution in [1.82, 2.24) is 0 Å². The van der Waals surface area contributed by atoms with Crippen LogP contribution < -0.4 is 0 Å². The average Bonchev–Trinajstić information content (AvgIpc) is 2.51. The summed E-state index contributed by atoms with van der Waals surface area (Å²) >= 11 is 0. The second kappa shape index (κ2) is 6.09. The third kappa shape index (κ3) is 2.70. The zero-order valence-corrected chi connectivity index (χ0v) is 11.9. The molecule has 0 N–H and O–H groups in total. The van der Waals surface area contributed by atoms with Gasteiger partial charge in [0.05, 0.1) is 11.5 Å². The van der Waals surface area contributed by atoms with Crippen LogP contribution in [-0.2, 0) is 14.2 Å². The molecule has 4 nitrogen and oxygen atoms in total. The van der Waals surface area contributed by atoms with E-state index in [1.165, 1.54) is 0 Å². The minimum atomic E-state index is -0.606. The zero-order valence-electron chi connectivity index (χ0n) is 11.9. The van der Waals surface area contributed by atoms with E-state index < -0.39 is 6.16 Å². The number of ether oxygens (including phenoxy) is 3. The van der Waals surface area contributed by atoms with E-state index >= 15 is 0 Å². The first-order valence-electron chi connectivity index (χ1n) is 6.70. The molecule has 0 radical (unpaired) electrons. The molecule has 0 spiro atoms. The van der Waals surface area contributed by atoms with E-state index in [1.807, 2.05) is 31.2 Å². The van der Waals surface area contributed by atoms with Crippen LogP contribution in [-0.4, -0.2) is 26.5 Å². The first-order valence-corrected chi connectivity index (χ1v) is 6.70. The van der Waals surface area contributed by atoms with E-state index in [1.54, 1.807) is 13.2 Å². The summed E-state index contributed by atoms with van der Waals surface area (Å²) in [6, 6.07) is 8.01. The molecule has 0 aliphatic carbocycles. The monoisotopic (exact) mass is 276 g/mol. The number of hydrogen-bond acceptors (Lipinski definition) is 4. The maximum absolute atomic E-state index is 11.1. The van der Waals surface area contributed by atoms with Gasteiger partial charge in [0.2, 0.25) is 0 Å². The lowest BCUT2D eigenvalue weighted by molar-refractivity contribution is -0.127. The lowest BCUT2D eigenvalue weighted by Crippen LogP contribution is -2.44. The van der Waals surface area contributed by atoms with Crippen molar-refractivity contribution in [2.75, 3.05) is 20.3 Å². The number of hydrogen-bond donors (Lipinski definition) is 0. The topological polar surface area (TPSA) is 44.8 Å². The summed E-state index contributed by atoms with van der Waals surface area (Å²) in [6.07, 6.45) is 1.81. The van der Waals surface area contributed by atoms with Crippen LogP contribution in [0.3, 0.4) is 0 Å². The molecule has 0 amide bonds. The molecule has 20 heavy (non-hydrogen) atoms. The summed E-state index contributed by atoms with van der Waals surface area (Å²) in [4.78, 5) is 11.1. The summed E-state index contributed by atoms with van der Waals surface area (Å²) < 4.78 is 15.8. The second-order valence-corrected chi connectivity index (χ2v) is 5.03. The van der Waals surface area contributed by atoms with E-state index in [0.29, 0.717) is 13.2 Å². The van der Waals surface area contributed by atoms with Gasteiger partial charge in [0, 0.05) is 7.11 Å². The molecule has 108 valence electrons. The summed E-state index contributed by atoms with van der Waals surface area (Å²) in [6.45, 7) is 6.41. The van der Waals surface area contributed by atoms with Crippen molar-refractivity contribution in [3.05, 3.63) is 42.0 Å². The Morgan fingerprint density at radius 3 is 2.40 bits per heavy atom. The molecule has 1 fully saturated rings. The van der Waals surface area contributed by atoms with Crippen LogP contribution in [0.4, 0.5) is 4.79 Å². The van der Waals surface area contributed by atoms with Crippen molar-refractivity contribution in [3.8, 4) is 0 Å². The van der Waals surface area contributed by atoms with E-state index in [9.17, 15) is 4.79 Å². The molecule has 1 aliphatic rings. The Labute approximate surface area is 119 Å². The van der Waals surface area contributed by atoms with Crippen molar-refractivity contribution in [2.24, 2.45) is 5.41 Å². The van der Waals surface area contributed by atoms with Crippen molar-refractivity contribution < 1.29 is 19.0 Å². The van der Waals surface area contributed by atoms with Gasteiger partial charge in [-0.25, -0.2) is 4.79 Å². The van der Waals surface area contributed by atoms with Crippen molar-refractivity contribution in [1.29, 1.82) is 0 Å². The number of carbonyl (C=O) groups is 1. The van der Waals surface area contributed by atoms with Crippen molar-refractivity contribution in [3.63, 3.8) is 0 Å². The highest BCUT2D eigenvalue weighted by molar-refractivity contribution is 5.60. The molecule has 1 aliphatic heterocycles. The largest absolute Gasteiger partial charge is 0.508 e. The quantitative estimate of drug-likeness (QED) is 0.771. The molecule has 0 aromatic heterocycles. The smallest absolute Gasteiger partial charge is 0.433 e. The van der Waals surface area contributed by atoms with Gasteiger partial charge < -0.3 is 14.2 Å². The highest BCUT2D eigenvalue weighted by Crippen LogP contribution is 2.42. The van der Waals surface area contributed by atoms with E-state index in [0.717, 1.165) is 17.5 Å². The Morgan fingerprint density at radius 1 is 1.35 bits per heavy atom. The van der Waals surface area contributed by atoms with Crippen LogP contribution in [0.15, 0.2) is 30.8 Å². The number of cyclic esters (lactones) is 2. The van der Waals surface area contributed by atoms with Crippen LogP contribution in [0, 0.1) is 5.41 Å². The number of benzene rings is 1. The van der Waals surface area contributed by atoms with Crippen LogP contribution in [0.25, 0.3) is 6.08 Å². The van der Waals surface area contributed by atoms with Crippen molar-refractivity contribution in [2.45, 2.75) is 19.4 Å². The predicted molar refractivity (Wildman–Crippen MR) is 76.3 cm³/mol. The normalized spacial score (nSPS) is 18.8. The highest BCUT2D eigenvalue weighted by Gasteiger charge is 2.44. The van der Waals surface area contributed by atoms with E-state index in [2.05, 4.69) is 6.58 Å². The standard InChI is InChI=1S/C16H20O4/c1-4-12-6-8-13(9-7-12)14(18-3)16(5-2)10-19-15(17)20-11-16/h4,6-9,14H,1,5,10-11H2,2-3H3. The van der Waals surface area contributed by atoms with E-state index in [-0.39, 0.29) is 11.5 Å². The SMILES string of the molecule is C=Cc1ccc(C(OC)C2(CC)COC(=O)OC2)cc1. The van der Waals surface area contributed by atoms with Gasteiger partial charge in [-0.05, 0) is 17.5 Å². The first-order chi connectivity index (χ1) is 9.65. The fourth-order valence-electron chi connectivity index (χ4n) is 2.58. The van der Waals surface area contributed by atoms with Crippen LogP contribution in [0.1, 0.15) is 30.6 Å². The Hall–Kier alpha value is -1.81. The second-order valence-electron chi connectivity index (χ2n) is 5.03. The molecule has 1 aromatic rings. The third-order valence-electron chi connectivity index (χ3n) is 3.93. The molecule has 4 heteroatoms.